The molecule has 7 nitrogen and oxygen atoms in total. The largest absolute Gasteiger partial charge is 0.490 e. The van der Waals surface area contributed by atoms with Crippen molar-refractivity contribution in [3.63, 3.8) is 0 Å². The number of ether oxygens (including phenoxy) is 2. The average Bonchev–Trinajstić information content (AvgIpc) is 2.76. The van der Waals surface area contributed by atoms with Gasteiger partial charge in [0.25, 0.3) is 5.88 Å². The lowest BCUT2D eigenvalue weighted by Crippen LogP contribution is -2.43. The van der Waals surface area contributed by atoms with E-state index >= 15 is 0 Å². The standard InChI is InChI=1S/C20H15F3N4O3S/c1-29-16-9-24-19(25-18(16)30-2)27-20(28)26(15-5-3-4-6-17(15)31-27)10-12-13(22)7-11(21)8-14(12)23/h3-9H,10H2,1-2H3. The summed E-state index contributed by atoms with van der Waals surface area (Å²) in [7, 11) is 2.81. The molecule has 4 rings (SSSR count). The molecule has 0 saturated carbocycles. The molecule has 1 aliphatic heterocycles. The third kappa shape index (κ3) is 3.83. The summed E-state index contributed by atoms with van der Waals surface area (Å²) in [6.45, 7) is -0.460. The van der Waals surface area contributed by atoms with Crippen molar-refractivity contribution in [3.8, 4) is 11.6 Å². The smallest absolute Gasteiger partial charge is 0.342 e. The molecule has 0 unspecified atom stereocenters. The van der Waals surface area contributed by atoms with Crippen molar-refractivity contribution < 1.29 is 27.4 Å². The number of carbonyl (C=O) groups excluding carboxylic acids is 1. The number of halogens is 3. The molecule has 1 aromatic heterocycles. The second-order valence-electron chi connectivity index (χ2n) is 6.32. The number of hydrogen-bond acceptors (Lipinski definition) is 6. The summed E-state index contributed by atoms with van der Waals surface area (Å²) in [5, 5.41) is 0. The molecule has 0 radical (unpaired) electrons. The number of anilines is 2. The van der Waals surface area contributed by atoms with Gasteiger partial charge in [-0.15, -0.1) is 0 Å². The van der Waals surface area contributed by atoms with Gasteiger partial charge < -0.3 is 9.47 Å². The van der Waals surface area contributed by atoms with Gasteiger partial charge in [0.2, 0.25) is 5.95 Å². The predicted octanol–water partition coefficient (Wildman–Crippen LogP) is 4.57. The van der Waals surface area contributed by atoms with Crippen LogP contribution in [0.4, 0.5) is 29.6 Å². The number of nitrogens with zero attached hydrogens (tertiary/aromatic N) is 4. The van der Waals surface area contributed by atoms with E-state index < -0.39 is 35.6 Å². The number of rotatable bonds is 5. The number of para-hydroxylation sites is 1. The molecule has 0 spiro atoms. The molecular weight excluding hydrogens is 433 g/mol. The Hall–Kier alpha value is -3.47. The maximum absolute atomic E-state index is 14.3. The summed E-state index contributed by atoms with van der Waals surface area (Å²) in [6.07, 6.45) is 1.35. The second-order valence-corrected chi connectivity index (χ2v) is 7.31. The number of amides is 2. The fourth-order valence-electron chi connectivity index (χ4n) is 3.00. The molecule has 0 fully saturated rings. The van der Waals surface area contributed by atoms with Crippen LogP contribution in [0.25, 0.3) is 0 Å². The first kappa shape index (κ1) is 20.8. The molecule has 0 bridgehead atoms. The molecular formula is C20H15F3N4O3S. The van der Waals surface area contributed by atoms with Gasteiger partial charge in [-0.05, 0) is 12.1 Å². The topological polar surface area (TPSA) is 67.8 Å². The number of benzene rings is 2. The summed E-state index contributed by atoms with van der Waals surface area (Å²) in [5.41, 5.74) is 0.00184. The number of carbonyl (C=O) groups is 1. The first-order valence-corrected chi connectivity index (χ1v) is 9.67. The quantitative estimate of drug-likeness (QED) is 0.533. The van der Waals surface area contributed by atoms with E-state index in [2.05, 4.69) is 9.97 Å². The van der Waals surface area contributed by atoms with Gasteiger partial charge in [-0.25, -0.2) is 22.9 Å². The zero-order valence-electron chi connectivity index (χ0n) is 16.3. The SMILES string of the molecule is COc1cnc(N2Sc3ccccc3N(Cc3c(F)cc(F)cc3F)C2=O)nc1OC. The van der Waals surface area contributed by atoms with Gasteiger partial charge in [0.1, 0.15) is 17.5 Å². The van der Waals surface area contributed by atoms with Gasteiger partial charge in [0.05, 0.1) is 37.5 Å². The molecule has 160 valence electrons. The Bertz CT molecular complexity index is 1140. The van der Waals surface area contributed by atoms with E-state index in [1.54, 1.807) is 24.3 Å². The van der Waals surface area contributed by atoms with Crippen LogP contribution in [0, 0.1) is 17.5 Å². The van der Waals surface area contributed by atoms with Crippen LogP contribution in [0.3, 0.4) is 0 Å². The lowest BCUT2D eigenvalue weighted by atomic mass is 10.1. The predicted molar refractivity (Wildman–Crippen MR) is 108 cm³/mol. The van der Waals surface area contributed by atoms with Crippen LogP contribution in [0.2, 0.25) is 0 Å². The van der Waals surface area contributed by atoms with Crippen LogP contribution in [0.1, 0.15) is 5.56 Å². The normalized spacial score (nSPS) is 13.3. The molecule has 2 heterocycles. The maximum Gasteiger partial charge on any atom is 0.342 e. The molecule has 2 aromatic carbocycles. The van der Waals surface area contributed by atoms with Crippen molar-refractivity contribution in [2.24, 2.45) is 0 Å². The van der Waals surface area contributed by atoms with Crippen LogP contribution >= 0.6 is 11.9 Å². The summed E-state index contributed by atoms with van der Waals surface area (Å²) in [6, 6.07) is 7.34. The lowest BCUT2D eigenvalue weighted by molar-refractivity contribution is 0.253. The molecule has 31 heavy (non-hydrogen) atoms. The number of hydrogen-bond donors (Lipinski definition) is 0. The van der Waals surface area contributed by atoms with E-state index in [0.29, 0.717) is 22.7 Å². The molecule has 0 N–H and O–H groups in total. The zero-order valence-corrected chi connectivity index (χ0v) is 17.1. The van der Waals surface area contributed by atoms with Crippen LogP contribution in [0.5, 0.6) is 11.6 Å². The summed E-state index contributed by atoms with van der Waals surface area (Å²) in [5.74, 6) is -2.84. The van der Waals surface area contributed by atoms with E-state index in [1.165, 1.54) is 29.6 Å². The highest BCUT2D eigenvalue weighted by atomic mass is 32.2. The van der Waals surface area contributed by atoms with Crippen LogP contribution in [0.15, 0.2) is 47.5 Å². The van der Waals surface area contributed by atoms with Crippen molar-refractivity contribution in [2.45, 2.75) is 11.4 Å². The summed E-state index contributed by atoms with van der Waals surface area (Å²) < 4.78 is 53.3. The highest BCUT2D eigenvalue weighted by molar-refractivity contribution is 8.01. The highest BCUT2D eigenvalue weighted by Crippen LogP contribution is 2.42. The van der Waals surface area contributed by atoms with Gasteiger partial charge in [0, 0.05) is 29.6 Å². The van der Waals surface area contributed by atoms with Crippen molar-refractivity contribution >= 4 is 29.6 Å². The third-order valence-electron chi connectivity index (χ3n) is 4.48. The molecule has 1 aliphatic rings. The Balaban J connectivity index is 1.77. The van der Waals surface area contributed by atoms with E-state index in [1.807, 2.05) is 0 Å². The maximum atomic E-state index is 14.3. The van der Waals surface area contributed by atoms with E-state index in [-0.39, 0.29) is 17.6 Å². The first-order valence-electron chi connectivity index (χ1n) is 8.90. The van der Waals surface area contributed by atoms with Crippen molar-refractivity contribution in [1.82, 2.24) is 9.97 Å². The van der Waals surface area contributed by atoms with Crippen molar-refractivity contribution in [3.05, 3.63) is 65.6 Å². The zero-order chi connectivity index (χ0) is 22.1. The monoisotopic (exact) mass is 448 g/mol. The Morgan fingerprint density at radius 1 is 1.06 bits per heavy atom. The minimum atomic E-state index is -1.09. The van der Waals surface area contributed by atoms with Gasteiger partial charge in [-0.2, -0.15) is 9.29 Å². The first-order chi connectivity index (χ1) is 14.9. The summed E-state index contributed by atoms with van der Waals surface area (Å²) in [4.78, 5) is 23.4. The van der Waals surface area contributed by atoms with Gasteiger partial charge in [0.15, 0.2) is 5.75 Å². The Morgan fingerprint density at radius 2 is 1.77 bits per heavy atom. The Kier molecular flexibility index (Phi) is 5.59. The molecule has 2 amide bonds. The second kappa shape index (κ2) is 8.34. The minimum absolute atomic E-state index is 0.00722. The van der Waals surface area contributed by atoms with Crippen LogP contribution in [-0.4, -0.2) is 30.2 Å². The van der Waals surface area contributed by atoms with Gasteiger partial charge in [-0.3, -0.25) is 4.90 Å². The Labute approximate surface area is 179 Å². The number of fused-ring (bicyclic) bond motifs is 1. The number of aromatic nitrogens is 2. The van der Waals surface area contributed by atoms with Crippen molar-refractivity contribution in [1.29, 1.82) is 0 Å². The van der Waals surface area contributed by atoms with Gasteiger partial charge >= 0.3 is 6.03 Å². The fourth-order valence-corrected chi connectivity index (χ4v) is 3.95. The molecule has 0 saturated heterocycles. The third-order valence-corrected chi connectivity index (χ3v) is 5.52. The summed E-state index contributed by atoms with van der Waals surface area (Å²) >= 11 is 1.05. The van der Waals surface area contributed by atoms with Crippen LogP contribution < -0.4 is 18.7 Å². The number of urea groups is 1. The molecule has 0 atom stereocenters. The molecule has 3 aromatic rings. The minimum Gasteiger partial charge on any atom is -0.490 e. The number of methoxy groups -OCH3 is 2. The molecule has 11 heteroatoms. The Morgan fingerprint density at radius 3 is 2.45 bits per heavy atom. The fraction of sp³-hybridized carbons (Fsp3) is 0.150. The van der Waals surface area contributed by atoms with E-state index in [4.69, 9.17) is 9.47 Å². The highest BCUT2D eigenvalue weighted by Gasteiger charge is 2.35. The average molecular weight is 448 g/mol. The van der Waals surface area contributed by atoms with Gasteiger partial charge in [-0.1, -0.05) is 12.1 Å². The lowest BCUT2D eigenvalue weighted by Gasteiger charge is -2.34. The molecule has 0 aliphatic carbocycles. The van der Waals surface area contributed by atoms with Crippen molar-refractivity contribution in [2.75, 3.05) is 23.4 Å². The van der Waals surface area contributed by atoms with E-state index in [9.17, 15) is 18.0 Å². The van der Waals surface area contributed by atoms with Crippen LogP contribution in [-0.2, 0) is 6.54 Å². The van der Waals surface area contributed by atoms with E-state index in [0.717, 1.165) is 11.9 Å².